The zero-order valence-corrected chi connectivity index (χ0v) is 14.2. The summed E-state index contributed by atoms with van der Waals surface area (Å²) in [7, 11) is 3.48. The Morgan fingerprint density at radius 3 is 2.64 bits per heavy atom. The van der Waals surface area contributed by atoms with Gasteiger partial charge in [0.2, 0.25) is 0 Å². The zero-order valence-electron chi connectivity index (χ0n) is 14.2. The van der Waals surface area contributed by atoms with Crippen molar-refractivity contribution in [1.82, 2.24) is 14.8 Å². The lowest BCUT2D eigenvalue weighted by Gasteiger charge is -2.13. The van der Waals surface area contributed by atoms with Crippen molar-refractivity contribution in [2.45, 2.75) is 0 Å². The van der Waals surface area contributed by atoms with Gasteiger partial charge in [-0.15, -0.1) is 0 Å². The van der Waals surface area contributed by atoms with E-state index in [4.69, 9.17) is 14.2 Å². The highest BCUT2D eigenvalue weighted by atomic mass is 16.5. The lowest BCUT2D eigenvalue weighted by molar-refractivity contribution is 0.146. The van der Waals surface area contributed by atoms with Crippen LogP contribution in [0, 0.1) is 0 Å². The Hall–Kier alpha value is -3.06. The van der Waals surface area contributed by atoms with Crippen LogP contribution in [-0.2, 0) is 11.8 Å². The van der Waals surface area contributed by atoms with Crippen molar-refractivity contribution in [1.29, 1.82) is 0 Å². The molecule has 0 bridgehead atoms. The van der Waals surface area contributed by atoms with E-state index in [9.17, 15) is 0 Å². The molecule has 0 saturated carbocycles. The van der Waals surface area contributed by atoms with Gasteiger partial charge >= 0.3 is 0 Å². The summed E-state index contributed by atoms with van der Waals surface area (Å²) in [6.45, 7) is 0.886. The minimum atomic E-state index is 0.407. The van der Waals surface area contributed by atoms with Gasteiger partial charge in [-0.2, -0.15) is 5.10 Å². The van der Waals surface area contributed by atoms with E-state index in [0.717, 1.165) is 5.75 Å². The summed E-state index contributed by atoms with van der Waals surface area (Å²) < 4.78 is 18.3. The lowest BCUT2D eigenvalue weighted by atomic mass is 10.3. The van der Waals surface area contributed by atoms with Gasteiger partial charge in [-0.3, -0.25) is 4.68 Å². The van der Waals surface area contributed by atoms with Crippen LogP contribution in [0.25, 0.3) is 0 Å². The molecule has 0 aliphatic heterocycles. The van der Waals surface area contributed by atoms with Crippen molar-refractivity contribution in [2.75, 3.05) is 25.6 Å². The molecule has 1 N–H and O–H groups in total. The molecule has 0 saturated heterocycles. The van der Waals surface area contributed by atoms with Crippen LogP contribution in [0.5, 0.6) is 17.2 Å². The summed E-state index contributed by atoms with van der Waals surface area (Å²) >= 11 is 0. The number of ether oxygens (including phenoxy) is 3. The van der Waals surface area contributed by atoms with E-state index in [1.165, 1.54) is 0 Å². The number of para-hydroxylation sites is 1. The average Bonchev–Trinajstić information content (AvgIpc) is 3.03. The van der Waals surface area contributed by atoms with Gasteiger partial charge in [-0.25, -0.2) is 4.98 Å². The van der Waals surface area contributed by atoms with Crippen LogP contribution in [0.3, 0.4) is 0 Å². The van der Waals surface area contributed by atoms with Gasteiger partial charge in [0.1, 0.15) is 18.1 Å². The highest BCUT2D eigenvalue weighted by molar-refractivity contribution is 5.60. The number of rotatable bonds is 8. The predicted octanol–water partition coefficient (Wildman–Crippen LogP) is 3.38. The number of anilines is 2. The Morgan fingerprint density at radius 1 is 1.08 bits per heavy atom. The summed E-state index contributed by atoms with van der Waals surface area (Å²) in [5.41, 5.74) is 0. The van der Waals surface area contributed by atoms with Gasteiger partial charge in [0.25, 0.3) is 0 Å². The molecule has 7 nitrogen and oxygen atoms in total. The van der Waals surface area contributed by atoms with Gasteiger partial charge in [-0.05, 0) is 12.1 Å². The maximum absolute atomic E-state index is 5.81. The molecule has 2 aromatic heterocycles. The Kier molecular flexibility index (Phi) is 5.48. The number of nitrogens with one attached hydrogen (secondary N) is 1. The number of benzene rings is 1. The molecule has 0 radical (unpaired) electrons. The third kappa shape index (κ3) is 4.71. The maximum atomic E-state index is 5.81. The van der Waals surface area contributed by atoms with E-state index in [1.807, 2.05) is 49.6 Å². The molecule has 0 amide bonds. The Bertz CT molecular complexity index is 805. The number of methoxy groups -OCH3 is 1. The molecule has 3 rings (SSSR count). The van der Waals surface area contributed by atoms with E-state index >= 15 is 0 Å². The molecular formula is C18H20N4O3. The molecule has 130 valence electrons. The first-order valence-corrected chi connectivity index (χ1v) is 7.86. The second-order valence-electron chi connectivity index (χ2n) is 5.27. The lowest BCUT2D eigenvalue weighted by Crippen LogP contribution is -2.07. The quantitative estimate of drug-likeness (QED) is 0.634. The topological polar surface area (TPSA) is 70.4 Å². The Morgan fingerprint density at radius 2 is 1.92 bits per heavy atom. The molecule has 0 unspecified atom stereocenters. The number of aryl methyl sites for hydroxylation is 1. The maximum Gasteiger partial charge on any atom is 0.174 e. The van der Waals surface area contributed by atoms with Crippen molar-refractivity contribution < 1.29 is 14.2 Å². The minimum Gasteiger partial charge on any atom is -0.487 e. The number of hydrogen-bond donors (Lipinski definition) is 1. The van der Waals surface area contributed by atoms with Crippen molar-refractivity contribution in [2.24, 2.45) is 7.05 Å². The fourth-order valence-electron chi connectivity index (χ4n) is 2.15. The molecule has 0 aliphatic carbocycles. The molecule has 1 aromatic carbocycles. The minimum absolute atomic E-state index is 0.407. The van der Waals surface area contributed by atoms with E-state index in [0.29, 0.717) is 36.3 Å². The van der Waals surface area contributed by atoms with Crippen molar-refractivity contribution in [3.8, 4) is 17.2 Å². The summed E-state index contributed by atoms with van der Waals surface area (Å²) in [4.78, 5) is 4.41. The van der Waals surface area contributed by atoms with Crippen LogP contribution in [0.4, 0.5) is 11.6 Å². The fourth-order valence-corrected chi connectivity index (χ4v) is 2.15. The molecule has 0 spiro atoms. The van der Waals surface area contributed by atoms with Crippen LogP contribution in [-0.4, -0.2) is 35.1 Å². The van der Waals surface area contributed by atoms with Crippen LogP contribution < -0.4 is 14.8 Å². The third-order valence-corrected chi connectivity index (χ3v) is 3.31. The molecule has 25 heavy (non-hydrogen) atoms. The van der Waals surface area contributed by atoms with Crippen LogP contribution in [0.15, 0.2) is 54.9 Å². The van der Waals surface area contributed by atoms with Gasteiger partial charge < -0.3 is 19.5 Å². The first-order chi connectivity index (χ1) is 12.2. The summed E-state index contributed by atoms with van der Waals surface area (Å²) in [6.07, 6.45) is 3.49. The number of hydrogen-bond acceptors (Lipinski definition) is 6. The number of nitrogens with zero attached hydrogens (tertiary/aromatic N) is 3. The van der Waals surface area contributed by atoms with Gasteiger partial charge in [0.05, 0.1) is 12.8 Å². The smallest absolute Gasteiger partial charge is 0.174 e. The molecule has 0 aliphatic rings. The monoisotopic (exact) mass is 340 g/mol. The Balaban J connectivity index is 1.80. The molecule has 0 fully saturated rings. The van der Waals surface area contributed by atoms with E-state index < -0.39 is 0 Å². The van der Waals surface area contributed by atoms with Crippen LogP contribution >= 0.6 is 0 Å². The highest BCUT2D eigenvalue weighted by Crippen LogP contribution is 2.31. The summed E-state index contributed by atoms with van der Waals surface area (Å²) in [6, 6.07) is 13.2. The normalized spacial score (nSPS) is 10.5. The molecule has 3 aromatic rings. The zero-order chi connectivity index (χ0) is 17.5. The van der Waals surface area contributed by atoms with Crippen LogP contribution in [0.1, 0.15) is 0 Å². The predicted molar refractivity (Wildman–Crippen MR) is 94.6 cm³/mol. The van der Waals surface area contributed by atoms with Crippen LogP contribution in [0.2, 0.25) is 0 Å². The number of pyridine rings is 1. The van der Waals surface area contributed by atoms with Gasteiger partial charge in [-0.1, -0.05) is 18.2 Å². The van der Waals surface area contributed by atoms with E-state index in [-0.39, 0.29) is 0 Å². The molecule has 0 atom stereocenters. The second-order valence-corrected chi connectivity index (χ2v) is 5.27. The highest BCUT2D eigenvalue weighted by Gasteiger charge is 2.10. The third-order valence-electron chi connectivity index (χ3n) is 3.31. The molecule has 7 heteroatoms. The van der Waals surface area contributed by atoms with Crippen molar-refractivity contribution in [3.63, 3.8) is 0 Å². The first kappa shape index (κ1) is 16.8. The van der Waals surface area contributed by atoms with Crippen molar-refractivity contribution >= 4 is 11.6 Å². The first-order valence-electron chi connectivity index (χ1n) is 7.86. The largest absolute Gasteiger partial charge is 0.487 e. The van der Waals surface area contributed by atoms with Gasteiger partial charge in [0, 0.05) is 32.5 Å². The standard InChI is InChI=1S/C18H20N4O3/c1-22-9-8-17(21-22)20-18-16(24-11-10-23-2)12-15(13-19-18)25-14-6-4-3-5-7-14/h3-9,12-13H,10-11H2,1-2H3,(H,19,20,21). The van der Waals surface area contributed by atoms with E-state index in [2.05, 4.69) is 15.4 Å². The fraction of sp³-hybridized carbons (Fsp3) is 0.222. The SMILES string of the molecule is COCCOc1cc(Oc2ccccc2)cnc1Nc1ccn(C)n1. The van der Waals surface area contributed by atoms with E-state index in [1.54, 1.807) is 24.1 Å². The average molecular weight is 340 g/mol. The Labute approximate surface area is 146 Å². The summed E-state index contributed by atoms with van der Waals surface area (Å²) in [5, 5.41) is 7.43. The molecular weight excluding hydrogens is 320 g/mol. The molecule has 2 heterocycles. The van der Waals surface area contributed by atoms with Gasteiger partial charge in [0.15, 0.2) is 17.4 Å². The second kappa shape index (κ2) is 8.16. The number of aromatic nitrogens is 3. The van der Waals surface area contributed by atoms with Crippen molar-refractivity contribution in [3.05, 3.63) is 54.9 Å². The summed E-state index contributed by atoms with van der Waals surface area (Å²) in [5.74, 6) is 3.14.